The molecule has 0 aliphatic rings. The molecule has 0 bridgehead atoms. The van der Waals surface area contributed by atoms with Crippen LogP contribution in [0.25, 0.3) is 10.7 Å². The molecular formula is C21H19N5O2S2. The van der Waals surface area contributed by atoms with Crippen LogP contribution in [0.4, 0.5) is 5.69 Å². The second-order valence-corrected chi connectivity index (χ2v) is 7.86. The first-order valence-electron chi connectivity index (χ1n) is 9.26. The molecule has 1 amide bonds. The van der Waals surface area contributed by atoms with E-state index in [1.807, 2.05) is 47.8 Å². The molecule has 1 unspecified atom stereocenters. The molecule has 1 aromatic carbocycles. The van der Waals surface area contributed by atoms with Gasteiger partial charge < -0.3 is 10.1 Å². The first-order chi connectivity index (χ1) is 14.6. The quantitative estimate of drug-likeness (QED) is 0.404. The number of carbonyl (C=O) groups excluding carboxylic acids is 1. The van der Waals surface area contributed by atoms with Crippen molar-refractivity contribution in [2.24, 2.45) is 0 Å². The number of hydrogen-bond acceptors (Lipinski definition) is 6. The normalized spacial score (nSPS) is 11.8. The summed E-state index contributed by atoms with van der Waals surface area (Å²) in [5, 5.41) is 11.9. The highest BCUT2D eigenvalue weighted by molar-refractivity contribution is 7.71. The number of carbonyl (C=O) groups is 1. The molecule has 0 aliphatic carbocycles. The second kappa shape index (κ2) is 9.02. The molecule has 3 aromatic heterocycles. The lowest BCUT2D eigenvalue weighted by atomic mass is 10.2. The van der Waals surface area contributed by atoms with E-state index in [0.29, 0.717) is 28.8 Å². The van der Waals surface area contributed by atoms with Gasteiger partial charge in [-0.2, -0.15) is 5.10 Å². The molecule has 1 atom stereocenters. The van der Waals surface area contributed by atoms with Crippen molar-refractivity contribution in [3.05, 3.63) is 76.5 Å². The van der Waals surface area contributed by atoms with Crippen LogP contribution in [-0.2, 0) is 11.4 Å². The van der Waals surface area contributed by atoms with E-state index >= 15 is 0 Å². The molecular weight excluding hydrogens is 418 g/mol. The Balaban J connectivity index is 1.42. The Labute approximate surface area is 182 Å². The molecule has 0 aliphatic heterocycles. The van der Waals surface area contributed by atoms with Gasteiger partial charge in [-0.3, -0.25) is 14.5 Å². The van der Waals surface area contributed by atoms with Crippen LogP contribution in [0.15, 0.2) is 66.2 Å². The van der Waals surface area contributed by atoms with Gasteiger partial charge in [0.2, 0.25) is 11.8 Å². The Bertz CT molecular complexity index is 1170. The minimum atomic E-state index is -0.553. The highest BCUT2D eigenvalue weighted by Gasteiger charge is 2.21. The summed E-state index contributed by atoms with van der Waals surface area (Å²) in [5.41, 5.74) is 1.63. The number of nitrogens with zero attached hydrogens (tertiary/aromatic N) is 3. The van der Waals surface area contributed by atoms with Crippen molar-refractivity contribution in [2.45, 2.75) is 19.6 Å². The number of rotatable bonds is 7. The first-order valence-corrected chi connectivity index (χ1v) is 10.5. The van der Waals surface area contributed by atoms with Gasteiger partial charge in [-0.05, 0) is 42.2 Å². The summed E-state index contributed by atoms with van der Waals surface area (Å²) in [7, 11) is 0. The summed E-state index contributed by atoms with van der Waals surface area (Å²) in [5.74, 6) is 0.910. The van der Waals surface area contributed by atoms with Crippen molar-refractivity contribution in [1.29, 1.82) is 0 Å². The summed E-state index contributed by atoms with van der Waals surface area (Å²) in [4.78, 5) is 18.0. The monoisotopic (exact) mass is 437 g/mol. The minimum Gasteiger partial charge on any atom is -0.473 e. The van der Waals surface area contributed by atoms with E-state index in [4.69, 9.17) is 17.0 Å². The molecule has 9 heteroatoms. The average molecular weight is 438 g/mol. The zero-order valence-corrected chi connectivity index (χ0v) is 17.7. The molecule has 4 rings (SSSR count). The van der Waals surface area contributed by atoms with E-state index in [9.17, 15) is 4.79 Å². The maximum atomic E-state index is 12.8. The van der Waals surface area contributed by atoms with Crippen molar-refractivity contribution in [2.75, 3.05) is 5.32 Å². The summed E-state index contributed by atoms with van der Waals surface area (Å²) >= 11 is 6.87. The van der Waals surface area contributed by atoms with E-state index < -0.39 is 6.04 Å². The molecule has 0 saturated carbocycles. The van der Waals surface area contributed by atoms with Crippen LogP contribution in [0, 0.1) is 4.77 Å². The highest BCUT2D eigenvalue weighted by Crippen LogP contribution is 2.26. The van der Waals surface area contributed by atoms with Gasteiger partial charge in [0, 0.05) is 6.07 Å². The summed E-state index contributed by atoms with van der Waals surface area (Å²) in [6, 6.07) is 16.7. The number of pyridine rings is 1. The number of H-pyrrole nitrogens is 1. The minimum absolute atomic E-state index is 0.218. The lowest BCUT2D eigenvalue weighted by Gasteiger charge is -2.15. The topological polar surface area (TPSA) is 84.8 Å². The largest absolute Gasteiger partial charge is 0.473 e. The highest BCUT2D eigenvalue weighted by atomic mass is 32.1. The SMILES string of the molecule is CC(C(=O)Nc1ccc(OCc2ccccc2)nc1)n1c(-c2cccs2)n[nH]c1=S. The van der Waals surface area contributed by atoms with E-state index in [1.54, 1.807) is 29.8 Å². The number of anilines is 1. The summed E-state index contributed by atoms with van der Waals surface area (Å²) in [6.07, 6.45) is 1.57. The van der Waals surface area contributed by atoms with Gasteiger partial charge in [-0.25, -0.2) is 4.98 Å². The molecule has 152 valence electrons. The van der Waals surface area contributed by atoms with Crippen LogP contribution in [0.1, 0.15) is 18.5 Å². The van der Waals surface area contributed by atoms with Crippen LogP contribution >= 0.6 is 23.6 Å². The summed E-state index contributed by atoms with van der Waals surface area (Å²) in [6.45, 7) is 2.21. The van der Waals surface area contributed by atoms with E-state index in [2.05, 4.69) is 20.5 Å². The number of nitrogens with one attached hydrogen (secondary N) is 2. The first kappa shape index (κ1) is 20.0. The van der Waals surface area contributed by atoms with Crippen LogP contribution in [0.5, 0.6) is 5.88 Å². The molecule has 30 heavy (non-hydrogen) atoms. The molecule has 0 saturated heterocycles. The molecule has 7 nitrogen and oxygen atoms in total. The van der Waals surface area contributed by atoms with Crippen LogP contribution < -0.4 is 10.1 Å². The van der Waals surface area contributed by atoms with Crippen molar-refractivity contribution >= 4 is 35.1 Å². The Morgan fingerprint density at radius 1 is 1.23 bits per heavy atom. The average Bonchev–Trinajstić information content (AvgIpc) is 3.43. The number of aromatic amines is 1. The van der Waals surface area contributed by atoms with E-state index in [0.717, 1.165) is 10.4 Å². The number of hydrogen-bond donors (Lipinski definition) is 2. The predicted octanol–water partition coefficient (Wildman–Crippen LogP) is 4.84. The maximum absolute atomic E-state index is 12.8. The Morgan fingerprint density at radius 3 is 2.77 bits per heavy atom. The van der Waals surface area contributed by atoms with Crippen molar-refractivity contribution in [3.63, 3.8) is 0 Å². The van der Waals surface area contributed by atoms with E-state index in [-0.39, 0.29) is 5.91 Å². The van der Waals surface area contributed by atoms with Gasteiger partial charge in [0.15, 0.2) is 10.6 Å². The number of benzene rings is 1. The molecule has 4 aromatic rings. The van der Waals surface area contributed by atoms with Gasteiger partial charge in [0.1, 0.15) is 12.6 Å². The zero-order chi connectivity index (χ0) is 20.9. The molecule has 0 fully saturated rings. The van der Waals surface area contributed by atoms with Gasteiger partial charge >= 0.3 is 0 Å². The third kappa shape index (κ3) is 4.47. The predicted molar refractivity (Wildman–Crippen MR) is 119 cm³/mol. The van der Waals surface area contributed by atoms with Crippen LogP contribution in [0.3, 0.4) is 0 Å². The number of ether oxygens (including phenoxy) is 1. The lowest BCUT2D eigenvalue weighted by Crippen LogP contribution is -2.24. The second-order valence-electron chi connectivity index (χ2n) is 6.52. The van der Waals surface area contributed by atoms with Gasteiger partial charge in [-0.1, -0.05) is 36.4 Å². The summed E-state index contributed by atoms with van der Waals surface area (Å²) < 4.78 is 7.78. The van der Waals surface area contributed by atoms with Gasteiger partial charge in [0.05, 0.1) is 16.8 Å². The molecule has 0 radical (unpaired) electrons. The Kier molecular flexibility index (Phi) is 6.01. The molecule has 3 heterocycles. The van der Waals surface area contributed by atoms with Gasteiger partial charge in [0.25, 0.3) is 0 Å². The fourth-order valence-electron chi connectivity index (χ4n) is 2.88. The fourth-order valence-corrected chi connectivity index (χ4v) is 3.88. The Morgan fingerprint density at radius 2 is 2.07 bits per heavy atom. The van der Waals surface area contributed by atoms with Crippen LogP contribution in [-0.4, -0.2) is 25.7 Å². The third-order valence-corrected chi connectivity index (χ3v) is 5.60. The fraction of sp³-hybridized carbons (Fsp3) is 0.143. The van der Waals surface area contributed by atoms with Crippen molar-refractivity contribution in [3.8, 4) is 16.6 Å². The maximum Gasteiger partial charge on any atom is 0.247 e. The third-order valence-electron chi connectivity index (χ3n) is 4.45. The van der Waals surface area contributed by atoms with Crippen LogP contribution in [0.2, 0.25) is 0 Å². The number of thiophene rings is 1. The smallest absolute Gasteiger partial charge is 0.247 e. The van der Waals surface area contributed by atoms with Gasteiger partial charge in [-0.15, -0.1) is 11.3 Å². The number of aromatic nitrogens is 4. The van der Waals surface area contributed by atoms with Crippen molar-refractivity contribution in [1.82, 2.24) is 19.7 Å². The molecule has 0 spiro atoms. The van der Waals surface area contributed by atoms with Crippen molar-refractivity contribution < 1.29 is 9.53 Å². The molecule has 2 N–H and O–H groups in total. The lowest BCUT2D eigenvalue weighted by molar-refractivity contribution is -0.118. The Hall–Kier alpha value is -3.30. The standard InChI is InChI=1S/C21H19N5O2S2/c1-14(26-19(24-25-21(26)29)17-8-5-11-30-17)20(27)23-16-9-10-18(22-12-16)28-13-15-6-3-2-4-7-15/h2-12,14H,13H2,1H3,(H,23,27)(H,25,29). The zero-order valence-electron chi connectivity index (χ0n) is 16.1. The van der Waals surface area contributed by atoms with E-state index in [1.165, 1.54) is 11.3 Å². The number of amides is 1.